The molecule has 2 heterocycles. The van der Waals surface area contributed by atoms with E-state index in [-0.39, 0.29) is 10.8 Å². The molecule has 1 N–H and O–H groups in total. The van der Waals surface area contributed by atoms with E-state index in [1.807, 2.05) is 36.4 Å². The SMILES string of the molecule is O=C(/C=C/c1ccc(S(=O)(=O)N2CCOCC2)cc1)Nc1ccccc1N1CCc2ccccc21. The van der Waals surface area contributed by atoms with Crippen LogP contribution in [0.4, 0.5) is 17.1 Å². The molecule has 0 saturated carbocycles. The monoisotopic (exact) mass is 489 g/mol. The Morgan fingerprint density at radius 1 is 0.857 bits per heavy atom. The smallest absolute Gasteiger partial charge is 0.248 e. The summed E-state index contributed by atoms with van der Waals surface area (Å²) < 4.78 is 32.2. The molecule has 2 aliphatic heterocycles. The molecule has 5 rings (SSSR count). The molecule has 0 aromatic heterocycles. The highest BCUT2D eigenvalue weighted by Crippen LogP contribution is 2.38. The molecule has 8 heteroatoms. The number of carbonyl (C=O) groups is 1. The van der Waals surface area contributed by atoms with Gasteiger partial charge in [-0.05, 0) is 54.0 Å². The number of ether oxygens (including phenoxy) is 1. The second-order valence-electron chi connectivity index (χ2n) is 8.46. The Labute approximate surface area is 205 Å². The van der Waals surface area contributed by atoms with Gasteiger partial charge in [-0.1, -0.05) is 42.5 Å². The maximum atomic E-state index is 12.8. The summed E-state index contributed by atoms with van der Waals surface area (Å²) in [5.74, 6) is -0.255. The number of sulfonamides is 1. The zero-order valence-corrected chi connectivity index (χ0v) is 20.1. The minimum atomic E-state index is -3.54. The lowest BCUT2D eigenvalue weighted by atomic mass is 10.1. The molecule has 35 heavy (non-hydrogen) atoms. The van der Waals surface area contributed by atoms with Crippen LogP contribution >= 0.6 is 0 Å². The van der Waals surface area contributed by atoms with Crippen LogP contribution in [0, 0.1) is 0 Å². The maximum Gasteiger partial charge on any atom is 0.248 e. The Balaban J connectivity index is 1.27. The van der Waals surface area contributed by atoms with Gasteiger partial charge >= 0.3 is 0 Å². The summed E-state index contributed by atoms with van der Waals surface area (Å²) in [7, 11) is -3.54. The van der Waals surface area contributed by atoms with Crippen LogP contribution in [-0.4, -0.2) is 51.5 Å². The van der Waals surface area contributed by atoms with Crippen molar-refractivity contribution in [2.75, 3.05) is 43.1 Å². The molecule has 0 spiro atoms. The summed E-state index contributed by atoms with van der Waals surface area (Å²) in [6.07, 6.45) is 4.10. The van der Waals surface area contributed by atoms with E-state index in [2.05, 4.69) is 22.3 Å². The largest absolute Gasteiger partial charge is 0.379 e. The van der Waals surface area contributed by atoms with Gasteiger partial charge in [0.2, 0.25) is 15.9 Å². The first-order valence-electron chi connectivity index (χ1n) is 11.6. The molecule has 3 aromatic rings. The normalized spacial score (nSPS) is 16.4. The molecular formula is C27H27N3O4S. The van der Waals surface area contributed by atoms with E-state index in [1.165, 1.54) is 15.9 Å². The van der Waals surface area contributed by atoms with Crippen LogP contribution in [-0.2, 0) is 26.0 Å². The molecule has 7 nitrogen and oxygen atoms in total. The number of rotatable bonds is 6. The molecule has 1 amide bonds. The Morgan fingerprint density at radius 3 is 2.31 bits per heavy atom. The fourth-order valence-electron chi connectivity index (χ4n) is 4.44. The summed E-state index contributed by atoms with van der Waals surface area (Å²) in [6, 6.07) is 22.6. The third-order valence-electron chi connectivity index (χ3n) is 6.25. The Morgan fingerprint density at radius 2 is 1.54 bits per heavy atom. The van der Waals surface area contributed by atoms with Crippen molar-refractivity contribution in [3.05, 3.63) is 90.0 Å². The summed E-state index contributed by atoms with van der Waals surface area (Å²) in [5, 5.41) is 2.99. The summed E-state index contributed by atoms with van der Waals surface area (Å²) >= 11 is 0. The van der Waals surface area contributed by atoms with E-state index < -0.39 is 10.0 Å². The molecule has 0 bridgehead atoms. The third kappa shape index (κ3) is 5.00. The minimum Gasteiger partial charge on any atom is -0.379 e. The zero-order valence-electron chi connectivity index (χ0n) is 19.3. The van der Waals surface area contributed by atoms with Crippen LogP contribution in [0.15, 0.2) is 83.8 Å². The van der Waals surface area contributed by atoms with Gasteiger partial charge in [-0.25, -0.2) is 8.42 Å². The van der Waals surface area contributed by atoms with Gasteiger partial charge in [0, 0.05) is 31.4 Å². The average molecular weight is 490 g/mol. The number of nitrogens with one attached hydrogen (secondary N) is 1. The van der Waals surface area contributed by atoms with Crippen LogP contribution in [0.5, 0.6) is 0 Å². The van der Waals surface area contributed by atoms with Crippen molar-refractivity contribution in [3.8, 4) is 0 Å². The average Bonchev–Trinajstić information content (AvgIpc) is 3.33. The van der Waals surface area contributed by atoms with E-state index >= 15 is 0 Å². The van der Waals surface area contributed by atoms with Crippen molar-refractivity contribution in [2.45, 2.75) is 11.3 Å². The molecule has 1 fully saturated rings. The van der Waals surface area contributed by atoms with E-state index in [0.717, 1.165) is 35.6 Å². The number of morpholine rings is 1. The lowest BCUT2D eigenvalue weighted by Crippen LogP contribution is -2.40. The van der Waals surface area contributed by atoms with Gasteiger partial charge in [0.05, 0.1) is 29.5 Å². The predicted molar refractivity (Wildman–Crippen MR) is 137 cm³/mol. The molecule has 0 atom stereocenters. The predicted octanol–water partition coefficient (Wildman–Crippen LogP) is 4.05. The number of amides is 1. The van der Waals surface area contributed by atoms with E-state index in [1.54, 1.807) is 30.3 Å². The summed E-state index contributed by atoms with van der Waals surface area (Å²) in [4.78, 5) is 15.2. The van der Waals surface area contributed by atoms with Gasteiger partial charge in [-0.3, -0.25) is 4.79 Å². The highest BCUT2D eigenvalue weighted by molar-refractivity contribution is 7.89. The maximum absolute atomic E-state index is 12.8. The van der Waals surface area contributed by atoms with Crippen molar-refractivity contribution in [1.29, 1.82) is 0 Å². The highest BCUT2D eigenvalue weighted by atomic mass is 32.2. The molecule has 0 unspecified atom stereocenters. The van der Waals surface area contributed by atoms with Crippen LogP contribution < -0.4 is 10.2 Å². The van der Waals surface area contributed by atoms with Gasteiger partial charge in [0.25, 0.3) is 0 Å². The first-order chi connectivity index (χ1) is 17.0. The van der Waals surface area contributed by atoms with Gasteiger partial charge < -0.3 is 15.0 Å². The number of benzene rings is 3. The number of hydrogen-bond acceptors (Lipinski definition) is 5. The standard InChI is InChI=1S/C27H27N3O4S/c31-27(14-11-21-9-12-23(13-10-21)35(32,33)29-17-19-34-20-18-29)28-24-6-2-4-8-26(24)30-16-15-22-5-1-3-7-25(22)30/h1-14H,15-20H2,(H,28,31)/b14-11+. The Bertz CT molecular complexity index is 1350. The summed E-state index contributed by atoms with van der Waals surface area (Å²) in [6.45, 7) is 2.39. The number of fused-ring (bicyclic) bond motifs is 1. The van der Waals surface area contributed by atoms with Gasteiger partial charge in [-0.15, -0.1) is 0 Å². The zero-order chi connectivity index (χ0) is 24.3. The van der Waals surface area contributed by atoms with Crippen molar-refractivity contribution in [2.24, 2.45) is 0 Å². The Hall–Kier alpha value is -3.46. The molecule has 2 aliphatic rings. The fraction of sp³-hybridized carbons (Fsp3) is 0.222. The molecule has 180 valence electrons. The van der Waals surface area contributed by atoms with Crippen LogP contribution in [0.3, 0.4) is 0 Å². The number of carbonyl (C=O) groups excluding carboxylic acids is 1. The Kier molecular flexibility index (Phi) is 6.68. The van der Waals surface area contributed by atoms with Gasteiger partial charge in [0.15, 0.2) is 0 Å². The second-order valence-corrected chi connectivity index (χ2v) is 10.4. The molecular weight excluding hydrogens is 462 g/mol. The van der Waals surface area contributed by atoms with E-state index in [0.29, 0.717) is 26.3 Å². The number of hydrogen-bond donors (Lipinski definition) is 1. The number of para-hydroxylation sites is 3. The van der Waals surface area contributed by atoms with Crippen LogP contribution in [0.25, 0.3) is 6.08 Å². The van der Waals surface area contributed by atoms with Gasteiger partial charge in [-0.2, -0.15) is 4.31 Å². The molecule has 3 aromatic carbocycles. The number of anilines is 3. The fourth-order valence-corrected chi connectivity index (χ4v) is 5.84. The first-order valence-corrected chi connectivity index (χ1v) is 13.1. The number of nitrogens with zero attached hydrogens (tertiary/aromatic N) is 2. The lowest BCUT2D eigenvalue weighted by Gasteiger charge is -2.26. The lowest BCUT2D eigenvalue weighted by molar-refractivity contribution is -0.111. The third-order valence-corrected chi connectivity index (χ3v) is 8.17. The van der Waals surface area contributed by atoms with Crippen LogP contribution in [0.2, 0.25) is 0 Å². The van der Waals surface area contributed by atoms with Gasteiger partial charge in [0.1, 0.15) is 0 Å². The highest BCUT2D eigenvalue weighted by Gasteiger charge is 2.26. The first kappa shape index (κ1) is 23.3. The van der Waals surface area contributed by atoms with Crippen LogP contribution in [0.1, 0.15) is 11.1 Å². The molecule has 1 saturated heterocycles. The van der Waals surface area contributed by atoms with Crippen molar-refractivity contribution >= 4 is 39.1 Å². The quantitative estimate of drug-likeness (QED) is 0.529. The van der Waals surface area contributed by atoms with Crippen molar-refractivity contribution in [3.63, 3.8) is 0 Å². The summed E-state index contributed by atoms with van der Waals surface area (Å²) in [5.41, 5.74) is 4.90. The van der Waals surface area contributed by atoms with Crippen molar-refractivity contribution in [1.82, 2.24) is 4.31 Å². The van der Waals surface area contributed by atoms with Crippen molar-refractivity contribution < 1.29 is 17.9 Å². The van der Waals surface area contributed by atoms with E-state index in [9.17, 15) is 13.2 Å². The second kappa shape index (κ2) is 10.0. The van der Waals surface area contributed by atoms with E-state index in [4.69, 9.17) is 4.74 Å². The molecule has 0 radical (unpaired) electrons. The molecule has 0 aliphatic carbocycles. The minimum absolute atomic E-state index is 0.237. The topological polar surface area (TPSA) is 79.0 Å².